The van der Waals surface area contributed by atoms with Crippen molar-refractivity contribution in [3.8, 4) is 16.9 Å². The van der Waals surface area contributed by atoms with E-state index in [1.807, 2.05) is 60.7 Å². The molecule has 0 bridgehead atoms. The summed E-state index contributed by atoms with van der Waals surface area (Å²) in [5.41, 5.74) is 3.86. The van der Waals surface area contributed by atoms with Gasteiger partial charge in [-0.05, 0) is 54.4 Å². The van der Waals surface area contributed by atoms with Crippen LogP contribution in [0.2, 0.25) is 5.02 Å². The Labute approximate surface area is 189 Å². The van der Waals surface area contributed by atoms with Gasteiger partial charge < -0.3 is 5.32 Å². The molecule has 7 heteroatoms. The molecule has 1 unspecified atom stereocenters. The summed E-state index contributed by atoms with van der Waals surface area (Å²) < 4.78 is 1.73. The van der Waals surface area contributed by atoms with Gasteiger partial charge in [0.2, 0.25) is 0 Å². The molecule has 31 heavy (non-hydrogen) atoms. The number of rotatable bonds is 4. The predicted octanol–water partition coefficient (Wildman–Crippen LogP) is 5.55. The number of hydrogen-bond donors (Lipinski definition) is 1. The zero-order valence-electron chi connectivity index (χ0n) is 16.5. The SMILES string of the molecule is O=C(NC1CCSc2ccc(Cl)cc21)c1cn(-c2ccccc2)nc1-c1cccnc1. The van der Waals surface area contributed by atoms with Crippen LogP contribution in [0.25, 0.3) is 16.9 Å². The van der Waals surface area contributed by atoms with E-state index in [0.29, 0.717) is 16.3 Å². The van der Waals surface area contributed by atoms with Crippen LogP contribution in [0.5, 0.6) is 0 Å². The van der Waals surface area contributed by atoms with Gasteiger partial charge in [0, 0.05) is 39.8 Å². The first kappa shape index (κ1) is 19.8. The maximum absolute atomic E-state index is 13.4. The van der Waals surface area contributed by atoms with E-state index in [-0.39, 0.29) is 11.9 Å². The molecular weight excluding hydrogens is 428 g/mol. The lowest BCUT2D eigenvalue weighted by Crippen LogP contribution is -2.30. The van der Waals surface area contributed by atoms with Crippen LogP contribution in [0, 0.1) is 0 Å². The largest absolute Gasteiger partial charge is 0.345 e. The lowest BCUT2D eigenvalue weighted by atomic mass is 10.0. The molecule has 0 saturated heterocycles. The van der Waals surface area contributed by atoms with E-state index in [1.165, 1.54) is 0 Å². The molecule has 0 aliphatic carbocycles. The molecule has 3 heterocycles. The Morgan fingerprint density at radius 3 is 2.81 bits per heavy atom. The summed E-state index contributed by atoms with van der Waals surface area (Å²) in [6, 6.07) is 19.3. The maximum atomic E-state index is 13.4. The van der Waals surface area contributed by atoms with Crippen LogP contribution < -0.4 is 5.32 Å². The Balaban J connectivity index is 1.52. The first-order valence-corrected chi connectivity index (χ1v) is 11.3. The second-order valence-corrected chi connectivity index (χ2v) is 8.83. The fraction of sp³-hybridized carbons (Fsp3) is 0.125. The summed E-state index contributed by atoms with van der Waals surface area (Å²) in [6.07, 6.45) is 6.06. The van der Waals surface area contributed by atoms with Gasteiger partial charge in [0.15, 0.2) is 0 Å². The number of benzene rings is 2. The number of hydrogen-bond acceptors (Lipinski definition) is 4. The summed E-state index contributed by atoms with van der Waals surface area (Å²) >= 11 is 8.02. The number of para-hydroxylation sites is 1. The lowest BCUT2D eigenvalue weighted by molar-refractivity contribution is 0.0935. The number of aromatic nitrogens is 3. The summed E-state index contributed by atoms with van der Waals surface area (Å²) in [5.74, 6) is 0.780. The Hall–Kier alpha value is -3.09. The van der Waals surface area contributed by atoms with Gasteiger partial charge in [-0.15, -0.1) is 11.8 Å². The van der Waals surface area contributed by atoms with Crippen molar-refractivity contribution in [1.82, 2.24) is 20.1 Å². The highest BCUT2D eigenvalue weighted by Gasteiger charge is 2.26. The Morgan fingerprint density at radius 1 is 1.13 bits per heavy atom. The third kappa shape index (κ3) is 4.09. The van der Waals surface area contributed by atoms with E-state index in [0.717, 1.165) is 33.9 Å². The third-order valence-corrected chi connectivity index (χ3v) is 6.59. The van der Waals surface area contributed by atoms with Crippen molar-refractivity contribution in [3.05, 3.63) is 95.4 Å². The van der Waals surface area contributed by atoms with Gasteiger partial charge >= 0.3 is 0 Å². The fourth-order valence-electron chi connectivity index (χ4n) is 3.72. The van der Waals surface area contributed by atoms with Crippen molar-refractivity contribution in [2.24, 2.45) is 0 Å². The number of amides is 1. The van der Waals surface area contributed by atoms with E-state index >= 15 is 0 Å². The minimum Gasteiger partial charge on any atom is -0.345 e. The smallest absolute Gasteiger partial charge is 0.255 e. The van der Waals surface area contributed by atoms with Crippen LogP contribution >= 0.6 is 23.4 Å². The predicted molar refractivity (Wildman–Crippen MR) is 124 cm³/mol. The summed E-state index contributed by atoms with van der Waals surface area (Å²) in [6.45, 7) is 0. The van der Waals surface area contributed by atoms with Crippen molar-refractivity contribution < 1.29 is 4.79 Å². The Morgan fingerprint density at radius 2 is 2.00 bits per heavy atom. The van der Waals surface area contributed by atoms with Crippen molar-refractivity contribution in [2.45, 2.75) is 17.4 Å². The van der Waals surface area contributed by atoms with Crippen LogP contribution in [-0.2, 0) is 0 Å². The maximum Gasteiger partial charge on any atom is 0.255 e. The number of nitrogens with zero attached hydrogens (tertiary/aromatic N) is 3. The van der Waals surface area contributed by atoms with Crippen molar-refractivity contribution >= 4 is 29.3 Å². The van der Waals surface area contributed by atoms with Crippen LogP contribution in [0.1, 0.15) is 28.4 Å². The number of nitrogens with one attached hydrogen (secondary N) is 1. The standard InChI is InChI=1S/C24H19ClN4OS/c25-17-8-9-22-19(13-17)21(10-12-31-22)27-24(30)20-15-29(18-6-2-1-3-7-18)28-23(20)16-5-4-11-26-14-16/h1-9,11,13-15,21H,10,12H2,(H,27,30). The number of carbonyl (C=O) groups is 1. The zero-order chi connectivity index (χ0) is 21.2. The van der Waals surface area contributed by atoms with E-state index in [2.05, 4.69) is 10.3 Å². The van der Waals surface area contributed by atoms with E-state index < -0.39 is 0 Å². The van der Waals surface area contributed by atoms with Crippen LogP contribution in [0.15, 0.2) is 84.1 Å². The monoisotopic (exact) mass is 446 g/mol. The van der Waals surface area contributed by atoms with E-state index in [9.17, 15) is 4.79 Å². The molecule has 0 fully saturated rings. The van der Waals surface area contributed by atoms with Gasteiger partial charge in [-0.3, -0.25) is 9.78 Å². The average Bonchev–Trinajstić information content (AvgIpc) is 3.26. The van der Waals surface area contributed by atoms with Gasteiger partial charge in [-0.2, -0.15) is 5.10 Å². The molecule has 1 atom stereocenters. The summed E-state index contributed by atoms with van der Waals surface area (Å²) in [4.78, 5) is 18.8. The van der Waals surface area contributed by atoms with E-state index in [1.54, 1.807) is 35.0 Å². The molecule has 1 amide bonds. The normalized spacial score (nSPS) is 15.3. The minimum absolute atomic E-state index is 0.0933. The van der Waals surface area contributed by atoms with Gasteiger partial charge in [-0.1, -0.05) is 29.8 Å². The topological polar surface area (TPSA) is 59.8 Å². The van der Waals surface area contributed by atoms with Crippen molar-refractivity contribution in [2.75, 3.05) is 5.75 Å². The molecular formula is C24H19ClN4OS. The second-order valence-electron chi connectivity index (χ2n) is 7.26. The van der Waals surface area contributed by atoms with Gasteiger partial charge in [-0.25, -0.2) is 4.68 Å². The quantitative estimate of drug-likeness (QED) is 0.446. The van der Waals surface area contributed by atoms with Crippen LogP contribution in [-0.4, -0.2) is 26.4 Å². The highest BCUT2D eigenvalue weighted by atomic mass is 35.5. The molecule has 2 aromatic heterocycles. The van der Waals surface area contributed by atoms with Crippen LogP contribution in [0.3, 0.4) is 0 Å². The molecule has 5 rings (SSSR count). The molecule has 0 radical (unpaired) electrons. The molecule has 0 spiro atoms. The average molecular weight is 447 g/mol. The first-order chi connectivity index (χ1) is 15.2. The fourth-order valence-corrected chi connectivity index (χ4v) is 5.01. The number of pyridine rings is 1. The lowest BCUT2D eigenvalue weighted by Gasteiger charge is -2.26. The Bertz CT molecular complexity index is 1230. The van der Waals surface area contributed by atoms with Gasteiger partial charge in [0.05, 0.1) is 17.3 Å². The molecule has 1 N–H and O–H groups in total. The Kier molecular flexibility index (Phi) is 5.49. The highest BCUT2D eigenvalue weighted by Crippen LogP contribution is 2.38. The third-order valence-electron chi connectivity index (χ3n) is 5.23. The minimum atomic E-state index is -0.163. The second kappa shape index (κ2) is 8.57. The first-order valence-electron chi connectivity index (χ1n) is 9.97. The number of fused-ring (bicyclic) bond motifs is 1. The molecule has 0 saturated carbocycles. The van der Waals surface area contributed by atoms with Gasteiger partial charge in [0.25, 0.3) is 5.91 Å². The van der Waals surface area contributed by atoms with E-state index in [4.69, 9.17) is 16.7 Å². The van der Waals surface area contributed by atoms with Gasteiger partial charge in [0.1, 0.15) is 5.69 Å². The zero-order valence-corrected chi connectivity index (χ0v) is 18.1. The van der Waals surface area contributed by atoms with Crippen LogP contribution in [0.4, 0.5) is 0 Å². The number of carbonyl (C=O) groups excluding carboxylic acids is 1. The summed E-state index contributed by atoms with van der Waals surface area (Å²) in [7, 11) is 0. The molecule has 5 nitrogen and oxygen atoms in total. The number of halogens is 1. The molecule has 154 valence electrons. The summed E-state index contributed by atoms with van der Waals surface area (Å²) in [5, 5.41) is 8.60. The molecule has 1 aliphatic heterocycles. The highest BCUT2D eigenvalue weighted by molar-refractivity contribution is 7.99. The van der Waals surface area contributed by atoms with Crippen molar-refractivity contribution in [1.29, 1.82) is 0 Å². The number of thioether (sulfide) groups is 1. The molecule has 4 aromatic rings. The molecule has 1 aliphatic rings. The molecule has 2 aromatic carbocycles. The van der Waals surface area contributed by atoms with Crippen molar-refractivity contribution in [3.63, 3.8) is 0 Å².